The van der Waals surface area contributed by atoms with Crippen molar-refractivity contribution >= 4 is 23.3 Å². The minimum absolute atomic E-state index is 0.0726. The molecule has 26 heavy (non-hydrogen) atoms. The number of nitrogens with one attached hydrogen (secondary N) is 2. The van der Waals surface area contributed by atoms with Crippen LogP contribution in [-0.4, -0.2) is 18.9 Å². The maximum absolute atomic E-state index is 13.0. The van der Waals surface area contributed by atoms with E-state index in [1.165, 1.54) is 18.2 Å². The minimum atomic E-state index is -3.68. The van der Waals surface area contributed by atoms with Crippen LogP contribution < -0.4 is 20.1 Å². The van der Waals surface area contributed by atoms with E-state index < -0.39 is 12.3 Å². The summed E-state index contributed by atoms with van der Waals surface area (Å²) in [5, 5.41) is 6.10. The number of benzene rings is 2. The van der Waals surface area contributed by atoms with Gasteiger partial charge in [-0.05, 0) is 36.6 Å². The van der Waals surface area contributed by atoms with Crippen LogP contribution in [0.3, 0.4) is 0 Å². The fourth-order valence-electron chi connectivity index (χ4n) is 3.04. The quantitative estimate of drug-likeness (QED) is 0.820. The maximum Gasteiger partial charge on any atom is 0.586 e. The highest BCUT2D eigenvalue weighted by Gasteiger charge is 2.46. The van der Waals surface area contributed by atoms with Crippen molar-refractivity contribution in [3.05, 3.63) is 53.1 Å². The molecule has 0 bridgehead atoms. The number of carbonyl (C=O) groups is 1. The van der Waals surface area contributed by atoms with E-state index in [9.17, 15) is 13.6 Å². The first-order chi connectivity index (χ1) is 12.4. The molecule has 2 N–H and O–H groups in total. The van der Waals surface area contributed by atoms with Gasteiger partial charge in [-0.15, -0.1) is 8.78 Å². The average molecular weight is 381 g/mol. The molecule has 0 saturated heterocycles. The number of halogens is 3. The lowest BCUT2D eigenvalue weighted by atomic mass is 9.96. The molecule has 0 aromatic heterocycles. The van der Waals surface area contributed by atoms with Crippen LogP contribution in [0.1, 0.15) is 18.4 Å². The van der Waals surface area contributed by atoms with E-state index in [4.69, 9.17) is 11.6 Å². The van der Waals surface area contributed by atoms with E-state index in [-0.39, 0.29) is 16.9 Å². The van der Waals surface area contributed by atoms with E-state index in [1.54, 1.807) is 0 Å². The molecule has 5 nitrogen and oxygen atoms in total. The molecule has 4 rings (SSSR count). The predicted octanol–water partition coefficient (Wildman–Crippen LogP) is 4.51. The van der Waals surface area contributed by atoms with Gasteiger partial charge in [0.25, 0.3) is 0 Å². The Hall–Kier alpha value is -2.54. The summed E-state index contributed by atoms with van der Waals surface area (Å²) in [4.78, 5) is 12.2. The second kappa shape index (κ2) is 6.02. The first-order valence-corrected chi connectivity index (χ1v) is 8.45. The highest BCUT2D eigenvalue weighted by atomic mass is 35.5. The van der Waals surface area contributed by atoms with E-state index in [2.05, 4.69) is 20.1 Å². The molecule has 0 atom stereocenters. The van der Waals surface area contributed by atoms with Gasteiger partial charge in [0, 0.05) is 28.7 Å². The molecule has 1 heterocycles. The van der Waals surface area contributed by atoms with Crippen molar-refractivity contribution in [3.8, 4) is 11.5 Å². The van der Waals surface area contributed by atoms with Crippen LogP contribution in [0.4, 0.5) is 19.3 Å². The monoisotopic (exact) mass is 380 g/mol. The maximum atomic E-state index is 13.0. The summed E-state index contributed by atoms with van der Waals surface area (Å²) in [5.41, 5.74) is 1.20. The smallest absolute Gasteiger partial charge is 0.395 e. The van der Waals surface area contributed by atoms with E-state index >= 15 is 0 Å². The third kappa shape index (κ3) is 3.26. The fourth-order valence-corrected chi connectivity index (χ4v) is 3.37. The van der Waals surface area contributed by atoms with Gasteiger partial charge in [-0.1, -0.05) is 29.8 Å². The van der Waals surface area contributed by atoms with Crippen molar-refractivity contribution in [2.75, 3.05) is 11.9 Å². The Morgan fingerprint density at radius 1 is 1.12 bits per heavy atom. The van der Waals surface area contributed by atoms with Crippen LogP contribution in [0.25, 0.3) is 0 Å². The highest BCUT2D eigenvalue weighted by Crippen LogP contribution is 2.50. The third-order valence-electron chi connectivity index (χ3n) is 4.55. The van der Waals surface area contributed by atoms with Gasteiger partial charge in [0.15, 0.2) is 11.5 Å². The van der Waals surface area contributed by atoms with E-state index in [0.29, 0.717) is 17.3 Å². The second-order valence-electron chi connectivity index (χ2n) is 6.40. The Balaban J connectivity index is 1.38. The SMILES string of the molecule is O=C(NCC1(c2ccccc2Cl)CC1)Nc1ccc2c(c1)OC(F)(F)O2. The van der Waals surface area contributed by atoms with Gasteiger partial charge < -0.3 is 20.1 Å². The van der Waals surface area contributed by atoms with Crippen molar-refractivity contribution < 1.29 is 23.0 Å². The first kappa shape index (κ1) is 16.9. The van der Waals surface area contributed by atoms with Crippen molar-refractivity contribution in [3.63, 3.8) is 0 Å². The molecular formula is C18H15ClF2N2O3. The lowest BCUT2D eigenvalue weighted by molar-refractivity contribution is -0.286. The standard InChI is InChI=1S/C18H15ClF2N2O3/c19-13-4-2-1-3-12(13)17(7-8-17)10-22-16(24)23-11-5-6-14-15(9-11)26-18(20,21)25-14/h1-6,9H,7-8,10H2,(H2,22,23,24). The lowest BCUT2D eigenvalue weighted by Gasteiger charge is -2.18. The zero-order valence-corrected chi connectivity index (χ0v) is 14.3. The van der Waals surface area contributed by atoms with Crippen molar-refractivity contribution in [2.45, 2.75) is 24.6 Å². The van der Waals surface area contributed by atoms with E-state index in [0.717, 1.165) is 18.4 Å². The summed E-state index contributed by atoms with van der Waals surface area (Å²) in [7, 11) is 0. The molecular weight excluding hydrogens is 366 g/mol. The molecule has 1 aliphatic heterocycles. The van der Waals surface area contributed by atoms with Crippen molar-refractivity contribution in [2.24, 2.45) is 0 Å². The molecule has 1 aliphatic carbocycles. The molecule has 1 fully saturated rings. The summed E-state index contributed by atoms with van der Waals surface area (Å²) in [6, 6.07) is 11.2. The van der Waals surface area contributed by atoms with Gasteiger partial charge in [-0.2, -0.15) is 0 Å². The Morgan fingerprint density at radius 2 is 1.85 bits per heavy atom. The fraction of sp³-hybridized carbons (Fsp3) is 0.278. The number of hydrogen-bond donors (Lipinski definition) is 2. The summed E-state index contributed by atoms with van der Waals surface area (Å²) >= 11 is 6.26. The number of hydrogen-bond acceptors (Lipinski definition) is 3. The largest absolute Gasteiger partial charge is 0.586 e. The molecule has 0 spiro atoms. The molecule has 1 saturated carbocycles. The molecule has 2 aromatic carbocycles. The number of urea groups is 1. The zero-order valence-electron chi connectivity index (χ0n) is 13.5. The Morgan fingerprint density at radius 3 is 2.58 bits per heavy atom. The topological polar surface area (TPSA) is 59.6 Å². The van der Waals surface area contributed by atoms with Crippen LogP contribution in [-0.2, 0) is 5.41 Å². The summed E-state index contributed by atoms with van der Waals surface area (Å²) in [6.07, 6.45) is -1.80. The minimum Gasteiger partial charge on any atom is -0.395 e. The van der Waals surface area contributed by atoms with Crippen LogP contribution in [0.2, 0.25) is 5.02 Å². The number of alkyl halides is 2. The number of fused-ring (bicyclic) bond motifs is 1. The first-order valence-electron chi connectivity index (χ1n) is 8.07. The summed E-state index contributed by atoms with van der Waals surface area (Å²) < 4.78 is 34.7. The van der Waals surface area contributed by atoms with Crippen molar-refractivity contribution in [1.29, 1.82) is 0 Å². The van der Waals surface area contributed by atoms with Crippen LogP contribution in [0, 0.1) is 0 Å². The Labute approximate surface area is 153 Å². The van der Waals surface area contributed by atoms with Gasteiger partial charge in [-0.25, -0.2) is 4.79 Å². The lowest BCUT2D eigenvalue weighted by Crippen LogP contribution is -2.35. The van der Waals surface area contributed by atoms with Gasteiger partial charge >= 0.3 is 12.3 Å². The Bertz CT molecular complexity index is 871. The Kier molecular flexibility index (Phi) is 3.91. The van der Waals surface area contributed by atoms with Gasteiger partial charge in [0.1, 0.15) is 0 Å². The third-order valence-corrected chi connectivity index (χ3v) is 4.87. The molecule has 2 amide bonds. The van der Waals surface area contributed by atoms with Crippen LogP contribution in [0.15, 0.2) is 42.5 Å². The summed E-state index contributed by atoms with van der Waals surface area (Å²) in [5.74, 6) is -0.195. The number of rotatable bonds is 4. The van der Waals surface area contributed by atoms with Gasteiger partial charge in [0.05, 0.1) is 0 Å². The predicted molar refractivity (Wildman–Crippen MR) is 92.0 cm³/mol. The number of ether oxygens (including phenoxy) is 2. The second-order valence-corrected chi connectivity index (χ2v) is 6.80. The highest BCUT2D eigenvalue weighted by molar-refractivity contribution is 6.31. The molecule has 8 heteroatoms. The molecule has 2 aliphatic rings. The van der Waals surface area contributed by atoms with Crippen LogP contribution >= 0.6 is 11.6 Å². The summed E-state index contributed by atoms with van der Waals surface area (Å²) in [6.45, 7) is 0.436. The van der Waals surface area contributed by atoms with Gasteiger partial charge in [0.2, 0.25) is 0 Å². The average Bonchev–Trinajstić information content (AvgIpc) is 3.30. The van der Waals surface area contributed by atoms with Crippen molar-refractivity contribution in [1.82, 2.24) is 5.32 Å². The molecule has 0 unspecified atom stereocenters. The molecule has 2 aromatic rings. The zero-order chi connectivity index (χ0) is 18.4. The number of carbonyl (C=O) groups excluding carboxylic acids is 1. The number of anilines is 1. The molecule has 136 valence electrons. The number of amides is 2. The van der Waals surface area contributed by atoms with E-state index in [1.807, 2.05) is 24.3 Å². The van der Waals surface area contributed by atoms with Crippen LogP contribution in [0.5, 0.6) is 11.5 Å². The normalized spacial score (nSPS) is 18.3. The molecule has 0 radical (unpaired) electrons. The van der Waals surface area contributed by atoms with Gasteiger partial charge in [-0.3, -0.25) is 0 Å².